The van der Waals surface area contributed by atoms with Gasteiger partial charge in [-0.3, -0.25) is 9.59 Å². The molecule has 0 aliphatic carbocycles. The van der Waals surface area contributed by atoms with Crippen LogP contribution in [0.25, 0.3) is 0 Å². The van der Waals surface area contributed by atoms with Gasteiger partial charge in [-0.05, 0) is 57.8 Å². The molecule has 1 amide bonds. The Kier molecular flexibility index (Phi) is 60.5. The number of ether oxygens (including phenoxy) is 1. The molecule has 72 heavy (non-hydrogen) atoms. The summed E-state index contributed by atoms with van der Waals surface area (Å²) in [6.07, 6.45) is 76.2. The van der Waals surface area contributed by atoms with Crippen molar-refractivity contribution in [3.05, 3.63) is 24.3 Å². The molecule has 0 fully saturated rings. The minimum atomic E-state index is -0.671. The maximum atomic E-state index is 12.5. The van der Waals surface area contributed by atoms with E-state index in [2.05, 4.69) is 43.5 Å². The van der Waals surface area contributed by atoms with Crippen molar-refractivity contribution in [1.82, 2.24) is 5.32 Å². The lowest BCUT2D eigenvalue weighted by Crippen LogP contribution is -2.45. The van der Waals surface area contributed by atoms with Crippen molar-refractivity contribution < 1.29 is 24.5 Å². The van der Waals surface area contributed by atoms with Crippen LogP contribution >= 0.6 is 0 Å². The summed E-state index contributed by atoms with van der Waals surface area (Å²) >= 11 is 0. The smallest absolute Gasteiger partial charge is 0.305 e. The van der Waals surface area contributed by atoms with E-state index in [0.717, 1.165) is 70.6 Å². The second kappa shape index (κ2) is 61.9. The molecule has 3 N–H and O–H groups in total. The summed E-state index contributed by atoms with van der Waals surface area (Å²) in [5, 5.41) is 23.3. The highest BCUT2D eigenvalue weighted by molar-refractivity contribution is 5.76. The van der Waals surface area contributed by atoms with Crippen LogP contribution in [0.1, 0.15) is 361 Å². The third-order valence-corrected chi connectivity index (χ3v) is 15.3. The van der Waals surface area contributed by atoms with Gasteiger partial charge in [-0.1, -0.05) is 314 Å². The number of amides is 1. The van der Waals surface area contributed by atoms with Gasteiger partial charge in [-0.25, -0.2) is 0 Å². The van der Waals surface area contributed by atoms with Crippen LogP contribution in [0.4, 0.5) is 0 Å². The van der Waals surface area contributed by atoms with E-state index in [4.69, 9.17) is 4.74 Å². The van der Waals surface area contributed by atoms with Crippen molar-refractivity contribution in [3.8, 4) is 0 Å². The fourth-order valence-electron chi connectivity index (χ4n) is 10.3. The van der Waals surface area contributed by atoms with Crippen molar-refractivity contribution in [2.45, 2.75) is 373 Å². The largest absolute Gasteiger partial charge is 0.466 e. The van der Waals surface area contributed by atoms with E-state index in [1.165, 1.54) is 257 Å². The Hall–Kier alpha value is -1.66. The summed E-state index contributed by atoms with van der Waals surface area (Å²) in [5.74, 6) is -0.0499. The Morgan fingerprint density at radius 3 is 1.03 bits per heavy atom. The van der Waals surface area contributed by atoms with E-state index in [1.807, 2.05) is 0 Å². The first-order valence-corrected chi connectivity index (χ1v) is 32.6. The fraction of sp³-hybridized carbons (Fsp3) is 0.909. The van der Waals surface area contributed by atoms with Gasteiger partial charge in [-0.15, -0.1) is 0 Å². The van der Waals surface area contributed by atoms with E-state index < -0.39 is 12.1 Å². The van der Waals surface area contributed by atoms with Crippen molar-refractivity contribution in [3.63, 3.8) is 0 Å². The third kappa shape index (κ3) is 57.6. The average Bonchev–Trinajstić information content (AvgIpc) is 3.38. The molecule has 0 rings (SSSR count). The molecule has 0 aliphatic heterocycles. The van der Waals surface area contributed by atoms with Crippen LogP contribution in [0.5, 0.6) is 0 Å². The highest BCUT2D eigenvalue weighted by Gasteiger charge is 2.20. The monoisotopic (exact) mass is 1010 g/mol. The van der Waals surface area contributed by atoms with Crippen LogP contribution in [0.3, 0.4) is 0 Å². The number of hydrogen-bond acceptors (Lipinski definition) is 5. The quantitative estimate of drug-likeness (QED) is 0.0320. The third-order valence-electron chi connectivity index (χ3n) is 15.3. The number of esters is 1. The van der Waals surface area contributed by atoms with Gasteiger partial charge in [0, 0.05) is 12.8 Å². The normalized spacial score (nSPS) is 12.7. The van der Waals surface area contributed by atoms with Gasteiger partial charge in [0.2, 0.25) is 5.91 Å². The number of nitrogens with one attached hydrogen (secondary N) is 1. The lowest BCUT2D eigenvalue weighted by molar-refractivity contribution is -0.143. The zero-order valence-corrected chi connectivity index (χ0v) is 48.7. The van der Waals surface area contributed by atoms with Crippen LogP contribution in [0.2, 0.25) is 0 Å². The molecule has 0 bridgehead atoms. The molecule has 426 valence electrons. The Labute approximate surface area is 450 Å². The Bertz CT molecular complexity index is 1120. The molecule has 0 aromatic rings. The van der Waals surface area contributed by atoms with E-state index >= 15 is 0 Å². The molecule has 0 saturated carbocycles. The maximum absolute atomic E-state index is 12.5. The molecule has 0 aromatic heterocycles. The number of aliphatic hydroxyl groups excluding tert-OH is 2. The molecule has 2 atom stereocenters. The Morgan fingerprint density at radius 2 is 0.681 bits per heavy atom. The van der Waals surface area contributed by atoms with Crippen molar-refractivity contribution in [1.29, 1.82) is 0 Å². The SMILES string of the molecule is CCCCCCCCCCCCCCCCCCCCC(=O)OCCCCC/C=C\C=C/CCCCCCCCCCCCC(=O)NC(CO)C(O)CCCCCCCCCCCCCCCCCCCC. The van der Waals surface area contributed by atoms with Crippen molar-refractivity contribution in [2.75, 3.05) is 13.2 Å². The van der Waals surface area contributed by atoms with E-state index in [0.29, 0.717) is 25.9 Å². The van der Waals surface area contributed by atoms with E-state index in [1.54, 1.807) is 0 Å². The van der Waals surface area contributed by atoms with Crippen LogP contribution < -0.4 is 5.32 Å². The van der Waals surface area contributed by atoms with Gasteiger partial charge in [0.15, 0.2) is 0 Å². The van der Waals surface area contributed by atoms with E-state index in [9.17, 15) is 19.8 Å². The minimum Gasteiger partial charge on any atom is -0.466 e. The highest BCUT2D eigenvalue weighted by atomic mass is 16.5. The first-order valence-electron chi connectivity index (χ1n) is 32.6. The Morgan fingerprint density at radius 1 is 0.389 bits per heavy atom. The van der Waals surface area contributed by atoms with Gasteiger partial charge in [0.1, 0.15) is 0 Å². The number of aliphatic hydroxyl groups is 2. The molecule has 0 saturated heterocycles. The molecule has 0 aliphatic rings. The summed E-state index contributed by atoms with van der Waals surface area (Å²) in [6.45, 7) is 4.95. The molecule has 2 unspecified atom stereocenters. The van der Waals surface area contributed by atoms with Gasteiger partial charge in [-0.2, -0.15) is 0 Å². The highest BCUT2D eigenvalue weighted by Crippen LogP contribution is 2.18. The molecule has 0 radical (unpaired) electrons. The van der Waals surface area contributed by atoms with Crippen molar-refractivity contribution in [2.24, 2.45) is 0 Å². The van der Waals surface area contributed by atoms with Crippen molar-refractivity contribution >= 4 is 11.9 Å². The predicted molar refractivity (Wildman–Crippen MR) is 315 cm³/mol. The number of hydrogen-bond donors (Lipinski definition) is 3. The lowest BCUT2D eigenvalue weighted by atomic mass is 10.0. The number of carbonyl (C=O) groups excluding carboxylic acids is 2. The maximum Gasteiger partial charge on any atom is 0.305 e. The predicted octanol–water partition coefficient (Wildman–Crippen LogP) is 20.6. The first-order chi connectivity index (χ1) is 35.5. The van der Waals surface area contributed by atoms with Gasteiger partial charge < -0.3 is 20.3 Å². The zero-order chi connectivity index (χ0) is 52.2. The molecule has 0 heterocycles. The number of allylic oxidation sites excluding steroid dienone is 4. The minimum absolute atomic E-state index is 0.00820. The number of unbranched alkanes of at least 4 members (excludes halogenated alkanes) is 47. The zero-order valence-electron chi connectivity index (χ0n) is 48.7. The molecular formula is C66H127NO5. The standard InChI is InChI=1S/C66H127NO5/c1-3-5-7-9-11-13-15-17-19-21-26-30-34-38-42-46-50-54-58-64(69)63(62-68)67-65(70)59-55-51-47-43-39-35-31-27-24-23-25-29-33-37-41-45-49-53-57-61-72-66(71)60-56-52-48-44-40-36-32-28-22-20-18-16-14-12-10-8-6-4-2/h29,33,37,41,63-64,68-69H,3-28,30-32,34-36,38-40,42-62H2,1-2H3,(H,67,70)/b33-29-,41-37-. The molecule has 6 nitrogen and oxygen atoms in total. The second-order valence-corrected chi connectivity index (χ2v) is 22.5. The van der Waals surface area contributed by atoms with E-state index in [-0.39, 0.29) is 18.5 Å². The summed E-state index contributed by atoms with van der Waals surface area (Å²) in [5.41, 5.74) is 0. The van der Waals surface area contributed by atoms with Gasteiger partial charge in [0.05, 0.1) is 25.4 Å². The van der Waals surface area contributed by atoms with Crippen LogP contribution in [0, 0.1) is 0 Å². The lowest BCUT2D eigenvalue weighted by Gasteiger charge is -2.22. The summed E-state index contributed by atoms with van der Waals surface area (Å²) in [7, 11) is 0. The van der Waals surface area contributed by atoms with Gasteiger partial charge >= 0.3 is 5.97 Å². The molecule has 0 aromatic carbocycles. The topological polar surface area (TPSA) is 95.9 Å². The second-order valence-electron chi connectivity index (χ2n) is 22.5. The number of rotatable bonds is 61. The van der Waals surface area contributed by atoms with Crippen LogP contribution in [0.15, 0.2) is 24.3 Å². The first kappa shape index (κ1) is 70.3. The number of carbonyl (C=O) groups is 2. The molecule has 0 spiro atoms. The van der Waals surface area contributed by atoms with Crippen LogP contribution in [-0.2, 0) is 14.3 Å². The molecule has 6 heteroatoms. The van der Waals surface area contributed by atoms with Gasteiger partial charge in [0.25, 0.3) is 0 Å². The fourth-order valence-corrected chi connectivity index (χ4v) is 10.3. The summed E-state index contributed by atoms with van der Waals surface area (Å²) in [4.78, 5) is 24.6. The summed E-state index contributed by atoms with van der Waals surface area (Å²) < 4.78 is 5.48. The Balaban J connectivity index is 3.45. The molecular weight excluding hydrogens is 887 g/mol. The summed E-state index contributed by atoms with van der Waals surface area (Å²) in [6, 6.07) is -0.549. The van der Waals surface area contributed by atoms with Crippen LogP contribution in [-0.4, -0.2) is 47.4 Å². The average molecular weight is 1010 g/mol.